The van der Waals surface area contributed by atoms with Crippen LogP contribution in [-0.4, -0.2) is 76.9 Å². The van der Waals surface area contributed by atoms with Crippen molar-refractivity contribution in [1.82, 2.24) is 31.7 Å². The lowest BCUT2D eigenvalue weighted by atomic mass is 9.96. The number of amides is 5. The van der Waals surface area contributed by atoms with E-state index in [0.29, 0.717) is 18.7 Å². The third-order valence-corrected chi connectivity index (χ3v) is 7.91. The summed E-state index contributed by atoms with van der Waals surface area (Å²) >= 11 is 0. The Labute approximate surface area is 299 Å². The number of carbonyl (C=O) groups is 6. The Morgan fingerprint density at radius 2 is 1.67 bits per heavy atom. The van der Waals surface area contributed by atoms with Gasteiger partial charge in [0.1, 0.15) is 30.5 Å². The van der Waals surface area contributed by atoms with Crippen LogP contribution in [0.4, 0.5) is 0 Å². The monoisotopic (exact) mass is 714 g/mol. The largest absolute Gasteiger partial charge is 0.458 e. The average Bonchev–Trinajstić information content (AvgIpc) is 3.68. The Hall–Kier alpha value is -5.05. The molecule has 3 rings (SSSR count). The van der Waals surface area contributed by atoms with Gasteiger partial charge in [0.05, 0.1) is 0 Å². The first-order valence-electron chi connectivity index (χ1n) is 16.5. The van der Waals surface area contributed by atoms with Gasteiger partial charge < -0.3 is 41.3 Å². The molecule has 0 unspecified atom stereocenters. The second-order valence-electron chi connectivity index (χ2n) is 13.0. The Bertz CT molecular complexity index is 1490. The minimum absolute atomic E-state index is 0. The van der Waals surface area contributed by atoms with Crippen LogP contribution in [0.5, 0.6) is 0 Å². The molecular formula is C36H54N6O9. The van der Waals surface area contributed by atoms with Gasteiger partial charge in [0, 0.05) is 30.6 Å². The van der Waals surface area contributed by atoms with Crippen molar-refractivity contribution in [3.05, 3.63) is 65.6 Å². The number of ether oxygens (including phenoxy) is 1. The Morgan fingerprint density at radius 1 is 0.980 bits per heavy atom. The molecule has 0 bridgehead atoms. The van der Waals surface area contributed by atoms with Crippen LogP contribution in [0.25, 0.3) is 0 Å². The number of aromatic nitrogens is 1. The fourth-order valence-corrected chi connectivity index (χ4v) is 5.20. The highest BCUT2D eigenvalue weighted by Crippen LogP contribution is 2.18. The number of hydrogen-bond donors (Lipinski definition) is 5. The zero-order valence-corrected chi connectivity index (χ0v) is 29.4. The summed E-state index contributed by atoms with van der Waals surface area (Å²) in [6, 6.07) is 6.89. The van der Waals surface area contributed by atoms with Gasteiger partial charge in [-0.3, -0.25) is 24.0 Å². The van der Waals surface area contributed by atoms with Crippen LogP contribution in [0.3, 0.4) is 0 Å². The molecule has 15 heteroatoms. The van der Waals surface area contributed by atoms with Crippen molar-refractivity contribution in [3.8, 4) is 0 Å². The van der Waals surface area contributed by atoms with Gasteiger partial charge in [0.25, 0.3) is 5.91 Å². The van der Waals surface area contributed by atoms with Crippen LogP contribution in [0.1, 0.15) is 83.1 Å². The minimum Gasteiger partial charge on any atom is -0.458 e. The molecule has 0 spiro atoms. The normalized spacial score (nSPS) is 16.2. The van der Waals surface area contributed by atoms with E-state index in [-0.39, 0.29) is 61.7 Å². The summed E-state index contributed by atoms with van der Waals surface area (Å²) in [6.45, 7) is 11.0. The maximum Gasteiger partial charge on any atom is 0.330 e. The maximum atomic E-state index is 13.7. The molecule has 0 radical (unpaired) electrons. The highest BCUT2D eigenvalue weighted by atomic mass is 16.5. The Balaban J connectivity index is 0.00000650. The average molecular weight is 715 g/mol. The van der Waals surface area contributed by atoms with Crippen LogP contribution in [0, 0.1) is 24.7 Å². The molecule has 1 aliphatic rings. The standard InChI is InChI=1S/C35H48N6O8.CH4.H2O/c1-20(2)16-27(39-35(47)30(21(3)4)40-31(43)23(6)37-34(46)28-17-22(5)49-41-28)33(45)38-26(18-25-14-15-36-32(25)44)12-13-29(42)48-19-24-10-8-7-9-11-24;;/h7-13,17,20-21,23,25-27,30H,14-16,18-19H2,1-6H3,(H,36,44)(H,37,46)(H,38,45)(H,39,47)(H,40,43);1H4;1H2/b13-12+;;/t23-,25-,26+,27-,30-;;/m0../s1. The SMILES string of the molecule is C.Cc1cc(C(=O)N[C@@H](C)C(=O)N[C@H](C(=O)N[C@@H](CC(C)C)C(=O)N[C@H](/C=C/C(=O)OCc2ccccc2)C[C@@H]2CCNC2=O)C(C)C)no1.O. The molecule has 1 fully saturated rings. The Morgan fingerprint density at radius 3 is 2.24 bits per heavy atom. The molecule has 2 aromatic rings. The molecule has 2 heterocycles. The zero-order chi connectivity index (χ0) is 36.1. The summed E-state index contributed by atoms with van der Waals surface area (Å²) in [6.07, 6.45) is 3.82. The Kier molecular flexibility index (Phi) is 18.3. The van der Waals surface area contributed by atoms with Gasteiger partial charge in [-0.2, -0.15) is 0 Å². The van der Waals surface area contributed by atoms with Gasteiger partial charge in [-0.1, -0.05) is 76.7 Å². The summed E-state index contributed by atoms with van der Waals surface area (Å²) in [7, 11) is 0. The quantitative estimate of drug-likeness (QED) is 0.119. The molecule has 0 aliphatic carbocycles. The van der Waals surface area contributed by atoms with Crippen molar-refractivity contribution in [2.24, 2.45) is 17.8 Å². The van der Waals surface area contributed by atoms with E-state index in [2.05, 4.69) is 31.7 Å². The first kappa shape index (κ1) is 44.0. The second-order valence-corrected chi connectivity index (χ2v) is 13.0. The van der Waals surface area contributed by atoms with E-state index in [0.717, 1.165) is 5.56 Å². The van der Waals surface area contributed by atoms with Crippen LogP contribution in [0.15, 0.2) is 53.1 Å². The number of esters is 1. The number of nitrogens with one attached hydrogen (secondary N) is 5. The van der Waals surface area contributed by atoms with E-state index in [4.69, 9.17) is 9.26 Å². The molecule has 1 aromatic heterocycles. The van der Waals surface area contributed by atoms with E-state index in [1.807, 2.05) is 44.2 Å². The lowest BCUT2D eigenvalue weighted by Gasteiger charge is -2.28. The van der Waals surface area contributed by atoms with Crippen molar-refractivity contribution in [1.29, 1.82) is 0 Å². The molecule has 1 saturated heterocycles. The molecule has 282 valence electrons. The van der Waals surface area contributed by atoms with Crippen molar-refractivity contribution in [2.75, 3.05) is 6.54 Å². The fraction of sp³-hybridized carbons (Fsp3) is 0.528. The molecule has 1 aromatic carbocycles. The van der Waals surface area contributed by atoms with Crippen molar-refractivity contribution in [2.45, 2.75) is 99.0 Å². The molecule has 51 heavy (non-hydrogen) atoms. The van der Waals surface area contributed by atoms with E-state index >= 15 is 0 Å². The topological polar surface area (TPSA) is 229 Å². The van der Waals surface area contributed by atoms with Crippen LogP contribution in [0.2, 0.25) is 0 Å². The molecule has 0 saturated carbocycles. The first-order chi connectivity index (χ1) is 23.2. The minimum atomic E-state index is -1.03. The lowest BCUT2D eigenvalue weighted by Crippen LogP contribution is -2.58. The molecule has 5 atom stereocenters. The van der Waals surface area contributed by atoms with Gasteiger partial charge in [-0.05, 0) is 50.5 Å². The zero-order valence-electron chi connectivity index (χ0n) is 29.4. The summed E-state index contributed by atoms with van der Waals surface area (Å²) < 4.78 is 10.2. The number of benzene rings is 1. The number of aryl methyl sites for hydroxylation is 1. The molecular weight excluding hydrogens is 660 g/mol. The summed E-state index contributed by atoms with van der Waals surface area (Å²) in [5, 5.41) is 17.3. The smallest absolute Gasteiger partial charge is 0.330 e. The predicted molar refractivity (Wildman–Crippen MR) is 190 cm³/mol. The molecule has 5 amide bonds. The number of hydrogen-bond acceptors (Lipinski definition) is 9. The third kappa shape index (κ3) is 14.4. The number of nitrogens with zero attached hydrogens (tertiary/aromatic N) is 1. The van der Waals surface area contributed by atoms with Gasteiger partial charge in [-0.15, -0.1) is 0 Å². The van der Waals surface area contributed by atoms with Gasteiger partial charge in [0.15, 0.2) is 5.69 Å². The van der Waals surface area contributed by atoms with Gasteiger partial charge in [0.2, 0.25) is 23.6 Å². The number of rotatable bonds is 17. The second kappa shape index (κ2) is 21.2. The van der Waals surface area contributed by atoms with E-state index in [1.54, 1.807) is 20.8 Å². The molecule has 7 N–H and O–H groups in total. The molecule has 15 nitrogen and oxygen atoms in total. The first-order valence-corrected chi connectivity index (χ1v) is 16.5. The predicted octanol–water partition coefficient (Wildman–Crippen LogP) is 1.90. The van der Waals surface area contributed by atoms with Crippen molar-refractivity contribution < 1.29 is 43.5 Å². The van der Waals surface area contributed by atoms with E-state index in [9.17, 15) is 28.8 Å². The highest BCUT2D eigenvalue weighted by molar-refractivity contribution is 5.97. The number of carbonyl (C=O) groups excluding carboxylic acids is 6. The summed E-state index contributed by atoms with van der Waals surface area (Å²) in [5.41, 5.74) is 0.837. The van der Waals surface area contributed by atoms with Crippen LogP contribution in [-0.2, 0) is 35.3 Å². The summed E-state index contributed by atoms with van der Waals surface area (Å²) in [5.74, 6) is -3.35. The van der Waals surface area contributed by atoms with Gasteiger partial charge in [-0.25, -0.2) is 4.79 Å². The third-order valence-electron chi connectivity index (χ3n) is 7.91. The van der Waals surface area contributed by atoms with Gasteiger partial charge >= 0.3 is 5.97 Å². The van der Waals surface area contributed by atoms with Crippen molar-refractivity contribution in [3.63, 3.8) is 0 Å². The van der Waals surface area contributed by atoms with E-state index in [1.165, 1.54) is 25.1 Å². The fourth-order valence-electron chi connectivity index (χ4n) is 5.20. The molecule has 1 aliphatic heterocycles. The van der Waals surface area contributed by atoms with Crippen molar-refractivity contribution >= 4 is 35.5 Å². The maximum absolute atomic E-state index is 13.7. The summed E-state index contributed by atoms with van der Waals surface area (Å²) in [4.78, 5) is 77.6. The van der Waals surface area contributed by atoms with E-state index < -0.39 is 53.8 Å². The van der Waals surface area contributed by atoms with Crippen LogP contribution < -0.4 is 26.6 Å². The lowest BCUT2D eigenvalue weighted by molar-refractivity contribution is -0.139. The van der Waals surface area contributed by atoms with Crippen LogP contribution >= 0.6 is 0 Å². The highest BCUT2D eigenvalue weighted by Gasteiger charge is 2.33.